The minimum Gasteiger partial charge on any atom is -0.371 e. The number of benzene rings is 1. The van der Waals surface area contributed by atoms with Crippen LogP contribution in [0.2, 0.25) is 0 Å². The summed E-state index contributed by atoms with van der Waals surface area (Å²) in [5, 5.41) is 10.3. The number of aromatic nitrogens is 2. The molecule has 0 aliphatic carbocycles. The molecular formula is C24H35N5O2. The van der Waals surface area contributed by atoms with Crippen molar-refractivity contribution in [3.05, 3.63) is 41.7 Å². The van der Waals surface area contributed by atoms with Gasteiger partial charge in [-0.15, -0.1) is 0 Å². The SMILES string of the molecule is CCCCC(NC(=O)CCn1nc(C)cc1C)C(=O)Nc1cccc(N2CCCC2)c1. The lowest BCUT2D eigenvalue weighted by Crippen LogP contribution is -2.44. The van der Waals surface area contributed by atoms with Gasteiger partial charge in [0.05, 0.1) is 5.69 Å². The molecule has 1 atom stereocenters. The molecule has 7 heteroatoms. The average molecular weight is 426 g/mol. The first-order valence-electron chi connectivity index (χ1n) is 11.4. The zero-order chi connectivity index (χ0) is 22.2. The van der Waals surface area contributed by atoms with Gasteiger partial charge in [0, 0.05) is 43.1 Å². The van der Waals surface area contributed by atoms with Gasteiger partial charge in [-0.3, -0.25) is 14.3 Å². The largest absolute Gasteiger partial charge is 0.371 e. The summed E-state index contributed by atoms with van der Waals surface area (Å²) >= 11 is 0. The van der Waals surface area contributed by atoms with Crippen LogP contribution in [0.15, 0.2) is 30.3 Å². The van der Waals surface area contributed by atoms with E-state index in [2.05, 4.69) is 33.6 Å². The molecule has 1 aromatic heterocycles. The van der Waals surface area contributed by atoms with Gasteiger partial charge in [0.25, 0.3) is 0 Å². The highest BCUT2D eigenvalue weighted by Crippen LogP contribution is 2.23. The Hall–Kier alpha value is -2.83. The van der Waals surface area contributed by atoms with Crippen LogP contribution in [0.4, 0.5) is 11.4 Å². The Labute approximate surface area is 185 Å². The van der Waals surface area contributed by atoms with Crippen molar-refractivity contribution in [3.8, 4) is 0 Å². The van der Waals surface area contributed by atoms with Crippen LogP contribution in [0.1, 0.15) is 56.8 Å². The third kappa shape index (κ3) is 6.57. The van der Waals surface area contributed by atoms with Crippen molar-refractivity contribution in [3.63, 3.8) is 0 Å². The van der Waals surface area contributed by atoms with Crippen LogP contribution in [0.5, 0.6) is 0 Å². The molecule has 2 heterocycles. The third-order valence-electron chi connectivity index (χ3n) is 5.74. The fourth-order valence-corrected chi connectivity index (χ4v) is 4.04. The number of rotatable bonds is 10. The zero-order valence-corrected chi connectivity index (χ0v) is 19.0. The summed E-state index contributed by atoms with van der Waals surface area (Å²) in [4.78, 5) is 27.9. The van der Waals surface area contributed by atoms with E-state index in [-0.39, 0.29) is 11.8 Å². The molecule has 0 saturated carbocycles. The van der Waals surface area contributed by atoms with E-state index >= 15 is 0 Å². The molecule has 7 nitrogen and oxygen atoms in total. The number of carbonyl (C=O) groups excluding carboxylic acids is 2. The van der Waals surface area contributed by atoms with Crippen molar-refractivity contribution in [1.29, 1.82) is 0 Å². The van der Waals surface area contributed by atoms with E-state index in [0.717, 1.165) is 48.7 Å². The van der Waals surface area contributed by atoms with Crippen LogP contribution in [-0.2, 0) is 16.1 Å². The highest BCUT2D eigenvalue weighted by Gasteiger charge is 2.21. The van der Waals surface area contributed by atoms with E-state index in [1.54, 1.807) is 0 Å². The molecule has 0 radical (unpaired) electrons. The number of hydrogen-bond donors (Lipinski definition) is 2. The molecule has 1 aliphatic heterocycles. The van der Waals surface area contributed by atoms with Crippen LogP contribution < -0.4 is 15.5 Å². The number of carbonyl (C=O) groups is 2. The number of amides is 2. The Morgan fingerprint density at radius 3 is 2.61 bits per heavy atom. The van der Waals surface area contributed by atoms with Crippen LogP contribution in [-0.4, -0.2) is 40.7 Å². The zero-order valence-electron chi connectivity index (χ0n) is 19.0. The van der Waals surface area contributed by atoms with E-state index < -0.39 is 6.04 Å². The average Bonchev–Trinajstić information content (AvgIpc) is 3.39. The second-order valence-electron chi connectivity index (χ2n) is 8.40. The first kappa shape index (κ1) is 22.8. The molecule has 1 aromatic carbocycles. The maximum Gasteiger partial charge on any atom is 0.246 e. The first-order chi connectivity index (χ1) is 15.0. The number of hydrogen-bond acceptors (Lipinski definition) is 4. The van der Waals surface area contributed by atoms with Gasteiger partial charge in [0.15, 0.2) is 0 Å². The number of unbranched alkanes of at least 4 members (excludes halogenated alkanes) is 1. The van der Waals surface area contributed by atoms with E-state index in [1.165, 1.54) is 12.8 Å². The predicted octanol–water partition coefficient (Wildman–Crippen LogP) is 3.80. The van der Waals surface area contributed by atoms with Gasteiger partial charge >= 0.3 is 0 Å². The Morgan fingerprint density at radius 1 is 1.16 bits per heavy atom. The van der Waals surface area contributed by atoms with Crippen LogP contribution >= 0.6 is 0 Å². The van der Waals surface area contributed by atoms with Gasteiger partial charge in [-0.2, -0.15) is 5.10 Å². The standard InChI is InChI=1S/C24H35N5O2/c1-4-5-11-22(26-23(30)12-15-29-19(3)16-18(2)27-29)24(31)25-20-9-8-10-21(17-20)28-13-6-7-14-28/h8-10,16-17,22H,4-7,11-15H2,1-3H3,(H,25,31)(H,26,30). The van der Waals surface area contributed by atoms with E-state index in [9.17, 15) is 9.59 Å². The summed E-state index contributed by atoms with van der Waals surface area (Å²) in [6.07, 6.45) is 5.18. The molecule has 2 amide bonds. The summed E-state index contributed by atoms with van der Waals surface area (Å²) in [6, 6.07) is 9.42. The van der Waals surface area contributed by atoms with Crippen molar-refractivity contribution in [2.75, 3.05) is 23.3 Å². The predicted molar refractivity (Wildman–Crippen MR) is 124 cm³/mol. The molecule has 0 spiro atoms. The van der Waals surface area contributed by atoms with E-state index in [4.69, 9.17) is 0 Å². The topological polar surface area (TPSA) is 79.3 Å². The van der Waals surface area contributed by atoms with Crippen LogP contribution in [0.25, 0.3) is 0 Å². The number of anilines is 2. The second-order valence-corrected chi connectivity index (χ2v) is 8.40. The minimum absolute atomic E-state index is 0.130. The molecule has 1 saturated heterocycles. The Morgan fingerprint density at radius 2 is 1.94 bits per heavy atom. The fraction of sp³-hybridized carbons (Fsp3) is 0.542. The van der Waals surface area contributed by atoms with Gasteiger partial charge in [-0.1, -0.05) is 25.8 Å². The minimum atomic E-state index is -0.539. The molecule has 0 bridgehead atoms. The number of nitrogens with zero attached hydrogens (tertiary/aromatic N) is 3. The quantitative estimate of drug-likeness (QED) is 0.607. The second kappa shape index (κ2) is 11.0. The molecular weight excluding hydrogens is 390 g/mol. The molecule has 1 fully saturated rings. The lowest BCUT2D eigenvalue weighted by molar-refractivity contribution is -0.126. The maximum absolute atomic E-state index is 13.0. The molecule has 3 rings (SSSR count). The first-order valence-corrected chi connectivity index (χ1v) is 11.4. The fourth-order valence-electron chi connectivity index (χ4n) is 4.04. The van der Waals surface area contributed by atoms with Crippen molar-refractivity contribution in [1.82, 2.24) is 15.1 Å². The molecule has 31 heavy (non-hydrogen) atoms. The third-order valence-corrected chi connectivity index (χ3v) is 5.74. The lowest BCUT2D eigenvalue weighted by atomic mass is 10.1. The van der Waals surface area contributed by atoms with E-state index in [0.29, 0.717) is 19.4 Å². The van der Waals surface area contributed by atoms with Crippen molar-refractivity contribution < 1.29 is 9.59 Å². The summed E-state index contributed by atoms with van der Waals surface area (Å²) in [6.45, 7) is 8.62. The Kier molecular flexibility index (Phi) is 8.09. The maximum atomic E-state index is 13.0. The Balaban J connectivity index is 1.58. The molecule has 1 unspecified atom stereocenters. The van der Waals surface area contributed by atoms with Crippen molar-refractivity contribution in [2.45, 2.75) is 71.9 Å². The summed E-state index contributed by atoms with van der Waals surface area (Å²) < 4.78 is 1.83. The van der Waals surface area contributed by atoms with Crippen molar-refractivity contribution in [2.24, 2.45) is 0 Å². The highest BCUT2D eigenvalue weighted by atomic mass is 16.2. The van der Waals surface area contributed by atoms with Gasteiger partial charge in [-0.25, -0.2) is 0 Å². The van der Waals surface area contributed by atoms with Crippen LogP contribution in [0.3, 0.4) is 0 Å². The smallest absolute Gasteiger partial charge is 0.246 e. The Bertz CT molecular complexity index is 886. The van der Waals surface area contributed by atoms with Gasteiger partial charge < -0.3 is 15.5 Å². The summed E-state index contributed by atoms with van der Waals surface area (Å²) in [7, 11) is 0. The normalized spacial score (nSPS) is 14.5. The molecule has 1 aliphatic rings. The monoisotopic (exact) mass is 425 g/mol. The number of aryl methyl sites for hydroxylation is 3. The molecule has 2 aromatic rings. The van der Waals surface area contributed by atoms with Crippen molar-refractivity contribution >= 4 is 23.2 Å². The molecule has 168 valence electrons. The lowest BCUT2D eigenvalue weighted by Gasteiger charge is -2.21. The molecule has 2 N–H and O–H groups in total. The van der Waals surface area contributed by atoms with Gasteiger partial charge in [-0.05, 0) is 57.4 Å². The van der Waals surface area contributed by atoms with Crippen LogP contribution in [0, 0.1) is 13.8 Å². The summed E-state index contributed by atoms with van der Waals surface area (Å²) in [5.74, 6) is -0.291. The van der Waals surface area contributed by atoms with Gasteiger partial charge in [0.2, 0.25) is 11.8 Å². The number of nitrogens with one attached hydrogen (secondary N) is 2. The highest BCUT2D eigenvalue weighted by molar-refractivity contribution is 5.97. The summed E-state index contributed by atoms with van der Waals surface area (Å²) in [5.41, 5.74) is 3.87. The van der Waals surface area contributed by atoms with Gasteiger partial charge in [0.1, 0.15) is 6.04 Å². The van der Waals surface area contributed by atoms with E-state index in [1.807, 2.05) is 42.8 Å².